The maximum atomic E-state index is 10.9. The second-order valence-electron chi connectivity index (χ2n) is 3.61. The van der Waals surface area contributed by atoms with E-state index in [1.54, 1.807) is 0 Å². The van der Waals surface area contributed by atoms with Crippen LogP contribution in [-0.4, -0.2) is 69.3 Å². The van der Waals surface area contributed by atoms with E-state index < -0.39 is 44.9 Å². The zero-order valence-electron chi connectivity index (χ0n) is 8.50. The summed E-state index contributed by atoms with van der Waals surface area (Å²) in [6, 6.07) is 0. The molecule has 8 nitrogen and oxygen atoms in total. The van der Waals surface area contributed by atoms with E-state index in [9.17, 15) is 19.9 Å². The summed E-state index contributed by atoms with van der Waals surface area (Å²) in [6.45, 7) is 0.263. The van der Waals surface area contributed by atoms with Crippen molar-refractivity contribution in [2.75, 3.05) is 13.3 Å². The Bertz CT molecular complexity index is 276. The van der Waals surface area contributed by atoms with E-state index in [0.29, 0.717) is 0 Å². The third-order valence-electron chi connectivity index (χ3n) is 2.15. The van der Waals surface area contributed by atoms with E-state index in [4.69, 9.17) is 14.7 Å². The van der Waals surface area contributed by atoms with Crippen molar-refractivity contribution in [3.8, 4) is 0 Å². The summed E-state index contributed by atoms with van der Waals surface area (Å²) >= 11 is 0. The molecule has 6 atom stereocenters. The first-order valence-electron chi connectivity index (χ1n) is 4.55. The third kappa shape index (κ3) is 3.22. The summed E-state index contributed by atoms with van der Waals surface area (Å²) in [5.41, 5.74) is 0. The van der Waals surface area contributed by atoms with Crippen molar-refractivity contribution >= 4 is 7.60 Å². The minimum absolute atomic E-state index is 0.621. The molecule has 5 N–H and O–H groups in total. The van der Waals surface area contributed by atoms with Gasteiger partial charge in [0, 0.05) is 6.66 Å². The van der Waals surface area contributed by atoms with Gasteiger partial charge >= 0.3 is 7.60 Å². The molecule has 0 radical (unpaired) electrons. The summed E-state index contributed by atoms with van der Waals surface area (Å²) in [4.78, 5) is 8.93. The number of ether oxygens (including phenoxy) is 1. The van der Waals surface area contributed by atoms with Gasteiger partial charge in [0.05, 0.1) is 6.61 Å². The topological polar surface area (TPSA) is 137 Å². The van der Waals surface area contributed by atoms with Crippen LogP contribution in [0.15, 0.2) is 0 Å². The molecule has 1 fully saturated rings. The van der Waals surface area contributed by atoms with Crippen molar-refractivity contribution in [3.63, 3.8) is 0 Å². The van der Waals surface area contributed by atoms with E-state index in [1.165, 1.54) is 0 Å². The van der Waals surface area contributed by atoms with Crippen LogP contribution in [0.1, 0.15) is 0 Å². The first-order chi connectivity index (χ1) is 7.26. The summed E-state index contributed by atoms with van der Waals surface area (Å²) in [5.74, 6) is 0. The highest BCUT2D eigenvalue weighted by atomic mass is 31.2. The lowest BCUT2D eigenvalue weighted by Crippen LogP contribution is -2.58. The zero-order valence-corrected chi connectivity index (χ0v) is 9.40. The van der Waals surface area contributed by atoms with Gasteiger partial charge in [0.25, 0.3) is 0 Å². The van der Waals surface area contributed by atoms with Crippen LogP contribution in [0.25, 0.3) is 0 Å². The minimum atomic E-state index is -3.91. The summed E-state index contributed by atoms with van der Waals surface area (Å²) in [5, 5.41) is 36.9. The average molecular weight is 258 g/mol. The summed E-state index contributed by atoms with van der Waals surface area (Å²) < 4.78 is 20.3. The van der Waals surface area contributed by atoms with E-state index in [1.807, 2.05) is 0 Å². The van der Waals surface area contributed by atoms with Gasteiger partial charge in [0.2, 0.25) is 0 Å². The maximum absolute atomic E-state index is 10.9. The molecule has 0 bridgehead atoms. The Hall–Kier alpha value is -0.0500. The van der Waals surface area contributed by atoms with Crippen LogP contribution in [0.4, 0.5) is 0 Å². The largest absolute Gasteiger partial charge is 0.394 e. The number of hydrogen-bond donors (Lipinski definition) is 5. The molecule has 0 aromatic rings. The first kappa shape index (κ1) is 14.0. The molecule has 0 amide bonds. The molecule has 0 aromatic heterocycles. The summed E-state index contributed by atoms with van der Waals surface area (Å²) in [6.07, 6.45) is -7.54. The van der Waals surface area contributed by atoms with Crippen LogP contribution in [0.3, 0.4) is 0 Å². The van der Waals surface area contributed by atoms with E-state index >= 15 is 0 Å². The quantitative estimate of drug-likeness (QED) is 0.354. The summed E-state index contributed by atoms with van der Waals surface area (Å²) in [7, 11) is -3.91. The molecule has 1 aliphatic heterocycles. The molecule has 2 unspecified atom stereocenters. The fraction of sp³-hybridized carbons (Fsp3) is 1.00. The number of hydrogen-bond acceptors (Lipinski definition) is 7. The van der Waals surface area contributed by atoms with Crippen molar-refractivity contribution in [3.05, 3.63) is 0 Å². The van der Waals surface area contributed by atoms with Gasteiger partial charge in [-0.25, -0.2) is 0 Å². The van der Waals surface area contributed by atoms with Gasteiger partial charge in [0.1, 0.15) is 24.4 Å². The fourth-order valence-corrected chi connectivity index (χ4v) is 1.91. The fourth-order valence-electron chi connectivity index (χ4n) is 1.35. The molecule has 0 saturated carbocycles. The van der Waals surface area contributed by atoms with Crippen LogP contribution >= 0.6 is 7.60 Å². The third-order valence-corrected chi connectivity index (χ3v) is 2.75. The highest BCUT2D eigenvalue weighted by Gasteiger charge is 2.45. The van der Waals surface area contributed by atoms with Crippen LogP contribution in [0, 0.1) is 0 Å². The SMILES string of the molecule is CP(=O)(O)OC1O[C@H](CO)[C@@H](O)[C@H](O)[C@@H]1O. The number of aliphatic hydroxyl groups is 4. The highest BCUT2D eigenvalue weighted by Crippen LogP contribution is 2.41. The van der Waals surface area contributed by atoms with Gasteiger partial charge in [-0.3, -0.25) is 9.09 Å². The van der Waals surface area contributed by atoms with E-state index in [-0.39, 0.29) is 0 Å². The molecule has 1 heterocycles. The van der Waals surface area contributed by atoms with Crippen LogP contribution in [0.2, 0.25) is 0 Å². The van der Waals surface area contributed by atoms with Crippen LogP contribution in [-0.2, 0) is 13.8 Å². The Morgan fingerprint density at radius 1 is 1.25 bits per heavy atom. The van der Waals surface area contributed by atoms with Gasteiger partial charge in [-0.05, 0) is 0 Å². The second-order valence-corrected chi connectivity index (χ2v) is 5.42. The Kier molecular flexibility index (Phi) is 4.44. The van der Waals surface area contributed by atoms with Crippen molar-refractivity contribution in [2.24, 2.45) is 0 Å². The number of aliphatic hydroxyl groups excluding tert-OH is 4. The standard InChI is InChI=1S/C7H15O8P/c1-16(12,13)15-7-6(11)5(10)4(9)3(2-8)14-7/h3-11H,2H2,1H3,(H,12,13)/t3-,4-,5+,6+,7?/m1/s1. The van der Waals surface area contributed by atoms with Crippen molar-refractivity contribution in [1.82, 2.24) is 0 Å². The molecule has 9 heteroatoms. The van der Waals surface area contributed by atoms with Crippen molar-refractivity contribution in [2.45, 2.75) is 30.7 Å². The highest BCUT2D eigenvalue weighted by molar-refractivity contribution is 7.51. The van der Waals surface area contributed by atoms with Gasteiger partial charge < -0.3 is 30.1 Å². The first-order valence-corrected chi connectivity index (χ1v) is 6.58. The molecule has 96 valence electrons. The monoisotopic (exact) mass is 258 g/mol. The molecule has 1 aliphatic rings. The predicted molar refractivity (Wildman–Crippen MR) is 50.6 cm³/mol. The number of rotatable bonds is 3. The lowest BCUT2D eigenvalue weighted by Gasteiger charge is -2.39. The molecule has 1 saturated heterocycles. The Morgan fingerprint density at radius 2 is 1.81 bits per heavy atom. The molecule has 1 rings (SSSR count). The van der Waals surface area contributed by atoms with Gasteiger partial charge in [0.15, 0.2) is 6.29 Å². The van der Waals surface area contributed by atoms with Gasteiger partial charge in [-0.1, -0.05) is 0 Å². The minimum Gasteiger partial charge on any atom is -0.394 e. The molecule has 0 aromatic carbocycles. The lowest BCUT2D eigenvalue weighted by molar-refractivity contribution is -0.278. The molecular weight excluding hydrogens is 243 g/mol. The van der Waals surface area contributed by atoms with Crippen molar-refractivity contribution in [1.29, 1.82) is 0 Å². The van der Waals surface area contributed by atoms with Gasteiger partial charge in [-0.2, -0.15) is 0 Å². The molecule has 16 heavy (non-hydrogen) atoms. The lowest BCUT2D eigenvalue weighted by atomic mass is 10.00. The maximum Gasteiger partial charge on any atom is 0.327 e. The smallest absolute Gasteiger partial charge is 0.327 e. The van der Waals surface area contributed by atoms with Crippen LogP contribution in [0.5, 0.6) is 0 Å². The van der Waals surface area contributed by atoms with Gasteiger partial charge in [-0.15, -0.1) is 0 Å². The van der Waals surface area contributed by atoms with Crippen molar-refractivity contribution < 1.29 is 39.1 Å². The second kappa shape index (κ2) is 5.07. The zero-order chi connectivity index (χ0) is 12.5. The average Bonchev–Trinajstić information content (AvgIpc) is 2.17. The predicted octanol–water partition coefficient (Wildman–Crippen LogP) is -2.38. The Labute approximate surface area is 91.6 Å². The van der Waals surface area contributed by atoms with Crippen LogP contribution < -0.4 is 0 Å². The molecule has 0 spiro atoms. The normalized spacial score (nSPS) is 44.0. The Balaban J connectivity index is 2.75. The van der Waals surface area contributed by atoms with E-state index in [2.05, 4.69) is 4.52 Å². The Morgan fingerprint density at radius 3 is 2.25 bits per heavy atom. The molecular formula is C7H15O8P. The molecule has 0 aliphatic carbocycles. The van der Waals surface area contributed by atoms with E-state index in [0.717, 1.165) is 6.66 Å².